The monoisotopic (exact) mass is 393 g/mol. The molecule has 6 nitrogen and oxygen atoms in total. The molecule has 0 atom stereocenters. The van der Waals surface area contributed by atoms with Crippen LogP contribution in [0.2, 0.25) is 0 Å². The Balaban J connectivity index is 2.05. The fraction of sp³-hybridized carbons (Fsp3) is 0.200. The van der Waals surface area contributed by atoms with Crippen molar-refractivity contribution < 1.29 is 13.0 Å². The standard InChI is InChI=1S/C15H12BrN3O3S/c16-14-17-18-15(23(20,21)22)19(14)13-8-7-10(9-5-6-9)11-3-1-2-4-12(11)13/h1-4,7-9H,5-6H2,(H,20,21,22). The van der Waals surface area contributed by atoms with Gasteiger partial charge >= 0.3 is 10.1 Å². The lowest BCUT2D eigenvalue weighted by atomic mass is 9.99. The van der Waals surface area contributed by atoms with Crippen LogP contribution in [0.25, 0.3) is 16.5 Å². The second-order valence-corrected chi connectivity index (χ2v) is 7.58. The lowest BCUT2D eigenvalue weighted by molar-refractivity contribution is 0.471. The smallest absolute Gasteiger partial charge is 0.279 e. The molecule has 0 spiro atoms. The molecule has 1 N–H and O–H groups in total. The SMILES string of the molecule is O=S(=O)(O)c1nnc(Br)n1-c1ccc(C2CC2)c2ccccc12. The summed E-state index contributed by atoms with van der Waals surface area (Å²) in [6, 6.07) is 11.7. The first-order valence-electron chi connectivity index (χ1n) is 7.07. The summed E-state index contributed by atoms with van der Waals surface area (Å²) >= 11 is 3.21. The van der Waals surface area contributed by atoms with Crippen molar-refractivity contribution in [1.29, 1.82) is 0 Å². The van der Waals surface area contributed by atoms with E-state index in [4.69, 9.17) is 0 Å². The molecular formula is C15H12BrN3O3S. The van der Waals surface area contributed by atoms with Crippen LogP contribution >= 0.6 is 15.9 Å². The maximum absolute atomic E-state index is 11.6. The van der Waals surface area contributed by atoms with Crippen molar-refractivity contribution in [3.8, 4) is 5.69 Å². The maximum Gasteiger partial charge on any atom is 0.330 e. The van der Waals surface area contributed by atoms with Gasteiger partial charge in [-0.1, -0.05) is 30.3 Å². The van der Waals surface area contributed by atoms with Crippen LogP contribution in [0.3, 0.4) is 0 Å². The second kappa shape index (κ2) is 5.12. The highest BCUT2D eigenvalue weighted by atomic mass is 79.9. The Bertz CT molecular complexity index is 1030. The van der Waals surface area contributed by atoms with Gasteiger partial charge in [-0.05, 0) is 51.7 Å². The third-order valence-electron chi connectivity index (χ3n) is 4.02. The molecule has 118 valence electrons. The Morgan fingerprint density at radius 3 is 2.43 bits per heavy atom. The van der Waals surface area contributed by atoms with E-state index in [1.54, 1.807) is 0 Å². The molecule has 1 aliphatic rings. The normalized spacial score (nSPS) is 15.2. The molecule has 4 rings (SSSR count). The van der Waals surface area contributed by atoms with E-state index in [9.17, 15) is 13.0 Å². The van der Waals surface area contributed by atoms with Crippen LogP contribution in [0.1, 0.15) is 24.3 Å². The van der Waals surface area contributed by atoms with Gasteiger partial charge in [0.15, 0.2) is 0 Å². The van der Waals surface area contributed by atoms with E-state index in [2.05, 4.69) is 26.1 Å². The Kier molecular flexibility index (Phi) is 3.29. The lowest BCUT2D eigenvalue weighted by Crippen LogP contribution is -2.09. The van der Waals surface area contributed by atoms with Crippen molar-refractivity contribution in [2.24, 2.45) is 0 Å². The molecule has 1 saturated carbocycles. The highest BCUT2D eigenvalue weighted by molar-refractivity contribution is 9.10. The fourth-order valence-electron chi connectivity index (χ4n) is 2.87. The average Bonchev–Trinajstić information content (AvgIpc) is 3.27. The average molecular weight is 394 g/mol. The summed E-state index contributed by atoms with van der Waals surface area (Å²) in [4.78, 5) is 0. The molecule has 1 aliphatic carbocycles. The first-order chi connectivity index (χ1) is 11.0. The summed E-state index contributed by atoms with van der Waals surface area (Å²) < 4.78 is 34.1. The molecule has 0 radical (unpaired) electrons. The zero-order chi connectivity index (χ0) is 16.2. The molecule has 1 fully saturated rings. The van der Waals surface area contributed by atoms with Gasteiger partial charge in [0.25, 0.3) is 5.16 Å². The predicted octanol–water partition coefficient (Wildman–Crippen LogP) is 3.31. The Morgan fingerprint density at radius 2 is 1.78 bits per heavy atom. The summed E-state index contributed by atoms with van der Waals surface area (Å²) in [7, 11) is -4.48. The molecule has 8 heteroatoms. The minimum Gasteiger partial charge on any atom is -0.279 e. The zero-order valence-electron chi connectivity index (χ0n) is 11.8. The Morgan fingerprint density at radius 1 is 1.09 bits per heavy atom. The van der Waals surface area contributed by atoms with E-state index in [-0.39, 0.29) is 4.73 Å². The van der Waals surface area contributed by atoms with Crippen molar-refractivity contribution in [2.75, 3.05) is 0 Å². The summed E-state index contributed by atoms with van der Waals surface area (Å²) in [5.74, 6) is 0.569. The third-order valence-corrected chi connectivity index (χ3v) is 5.26. The van der Waals surface area contributed by atoms with Crippen molar-refractivity contribution in [3.05, 3.63) is 46.7 Å². The molecule has 0 saturated heterocycles. The number of rotatable bonds is 3. The van der Waals surface area contributed by atoms with Gasteiger partial charge < -0.3 is 0 Å². The van der Waals surface area contributed by atoms with E-state index in [0.29, 0.717) is 11.6 Å². The van der Waals surface area contributed by atoms with E-state index >= 15 is 0 Å². The van der Waals surface area contributed by atoms with Crippen molar-refractivity contribution in [1.82, 2.24) is 14.8 Å². The van der Waals surface area contributed by atoms with Crippen molar-refractivity contribution >= 4 is 36.8 Å². The van der Waals surface area contributed by atoms with Crippen molar-refractivity contribution in [3.63, 3.8) is 0 Å². The van der Waals surface area contributed by atoms with E-state index in [1.807, 2.05) is 36.4 Å². The first-order valence-corrected chi connectivity index (χ1v) is 9.30. The number of halogens is 1. The Hall–Kier alpha value is -1.77. The first kappa shape index (κ1) is 14.8. The predicted molar refractivity (Wildman–Crippen MR) is 88.4 cm³/mol. The number of aromatic nitrogens is 3. The van der Waals surface area contributed by atoms with Crippen LogP contribution in [0.5, 0.6) is 0 Å². The molecule has 0 unspecified atom stereocenters. The lowest BCUT2D eigenvalue weighted by Gasteiger charge is -2.13. The molecule has 0 bridgehead atoms. The van der Waals surface area contributed by atoms with Crippen LogP contribution in [0.15, 0.2) is 46.3 Å². The van der Waals surface area contributed by atoms with Crippen LogP contribution in [-0.4, -0.2) is 27.7 Å². The molecule has 0 amide bonds. The van der Waals surface area contributed by atoms with Crippen molar-refractivity contribution in [2.45, 2.75) is 23.9 Å². The van der Waals surface area contributed by atoms with Gasteiger partial charge in [0.2, 0.25) is 4.73 Å². The van der Waals surface area contributed by atoms with E-state index in [0.717, 1.165) is 10.8 Å². The Labute approximate surface area is 141 Å². The molecule has 3 aromatic rings. The van der Waals surface area contributed by atoms with Gasteiger partial charge in [-0.15, -0.1) is 10.2 Å². The van der Waals surface area contributed by atoms with Gasteiger partial charge in [0.05, 0.1) is 5.69 Å². The summed E-state index contributed by atoms with van der Waals surface area (Å²) in [5.41, 5.74) is 1.87. The summed E-state index contributed by atoms with van der Waals surface area (Å²) in [5, 5.41) is 8.76. The number of fused-ring (bicyclic) bond motifs is 1. The fourth-order valence-corrected chi connectivity index (χ4v) is 3.99. The van der Waals surface area contributed by atoms with Crippen LogP contribution in [0, 0.1) is 0 Å². The molecule has 2 aromatic carbocycles. The van der Waals surface area contributed by atoms with E-state index < -0.39 is 15.3 Å². The number of benzene rings is 2. The third kappa shape index (κ3) is 2.46. The van der Waals surface area contributed by atoms with Gasteiger partial charge in [-0.25, -0.2) is 0 Å². The van der Waals surface area contributed by atoms with Crippen LogP contribution in [0.4, 0.5) is 0 Å². The van der Waals surface area contributed by atoms with Crippen LogP contribution < -0.4 is 0 Å². The highest BCUT2D eigenvalue weighted by Gasteiger charge is 2.28. The molecule has 1 heterocycles. The maximum atomic E-state index is 11.6. The molecule has 23 heavy (non-hydrogen) atoms. The van der Waals surface area contributed by atoms with Gasteiger partial charge in [0, 0.05) is 5.39 Å². The van der Waals surface area contributed by atoms with E-state index in [1.165, 1.54) is 23.0 Å². The second-order valence-electron chi connectivity index (χ2n) is 5.56. The minimum absolute atomic E-state index is 0.217. The molecular weight excluding hydrogens is 382 g/mol. The summed E-state index contributed by atoms with van der Waals surface area (Å²) in [6.07, 6.45) is 2.35. The number of hydrogen-bond donors (Lipinski definition) is 1. The summed E-state index contributed by atoms with van der Waals surface area (Å²) in [6.45, 7) is 0. The molecule has 1 aromatic heterocycles. The minimum atomic E-state index is -4.48. The largest absolute Gasteiger partial charge is 0.330 e. The van der Waals surface area contributed by atoms with Gasteiger partial charge in [-0.3, -0.25) is 9.12 Å². The molecule has 0 aliphatic heterocycles. The quantitative estimate of drug-likeness (QED) is 0.689. The number of hydrogen-bond acceptors (Lipinski definition) is 4. The van der Waals surface area contributed by atoms with Gasteiger partial charge in [0.1, 0.15) is 0 Å². The number of nitrogens with zero attached hydrogens (tertiary/aromatic N) is 3. The van der Waals surface area contributed by atoms with Crippen LogP contribution in [-0.2, 0) is 10.1 Å². The topological polar surface area (TPSA) is 85.1 Å². The zero-order valence-corrected chi connectivity index (χ0v) is 14.2. The highest BCUT2D eigenvalue weighted by Crippen LogP contribution is 2.44. The van der Waals surface area contributed by atoms with Gasteiger partial charge in [-0.2, -0.15) is 8.42 Å².